The second kappa shape index (κ2) is 8.35. The van der Waals surface area contributed by atoms with Crippen molar-refractivity contribution in [3.63, 3.8) is 0 Å². The molecular weight excluding hydrogens is 376 g/mol. The SMILES string of the molecule is COc1cccc(C(=O)N/N=C/c2cc(Br)cc(OC)c2OC)c1. The van der Waals surface area contributed by atoms with Crippen LogP contribution in [0.5, 0.6) is 17.2 Å². The van der Waals surface area contributed by atoms with Gasteiger partial charge in [0.25, 0.3) is 5.91 Å². The van der Waals surface area contributed by atoms with Gasteiger partial charge in [-0.1, -0.05) is 22.0 Å². The van der Waals surface area contributed by atoms with Gasteiger partial charge < -0.3 is 14.2 Å². The number of hydrogen-bond donors (Lipinski definition) is 1. The fourth-order valence-electron chi connectivity index (χ4n) is 2.04. The lowest BCUT2D eigenvalue weighted by molar-refractivity contribution is 0.0955. The number of carbonyl (C=O) groups excluding carboxylic acids is 1. The molecule has 0 fully saturated rings. The first-order valence-electron chi connectivity index (χ1n) is 6.98. The summed E-state index contributed by atoms with van der Waals surface area (Å²) >= 11 is 3.39. The van der Waals surface area contributed by atoms with Crippen molar-refractivity contribution in [3.8, 4) is 17.2 Å². The normalized spacial score (nSPS) is 10.5. The second-order valence-electron chi connectivity index (χ2n) is 4.66. The number of benzene rings is 2. The Bertz CT molecular complexity index is 762. The molecule has 2 aromatic carbocycles. The molecule has 0 saturated heterocycles. The van der Waals surface area contributed by atoms with Gasteiger partial charge in [-0.2, -0.15) is 5.10 Å². The largest absolute Gasteiger partial charge is 0.497 e. The summed E-state index contributed by atoms with van der Waals surface area (Å²) in [5.74, 6) is 1.35. The van der Waals surface area contributed by atoms with Crippen molar-refractivity contribution in [3.05, 3.63) is 52.0 Å². The number of nitrogens with zero attached hydrogens (tertiary/aromatic N) is 1. The van der Waals surface area contributed by atoms with E-state index in [1.165, 1.54) is 13.3 Å². The Labute approximate surface area is 148 Å². The van der Waals surface area contributed by atoms with Crippen LogP contribution in [0.15, 0.2) is 46.0 Å². The molecule has 126 valence electrons. The molecule has 0 aromatic heterocycles. The highest BCUT2D eigenvalue weighted by molar-refractivity contribution is 9.10. The number of halogens is 1. The molecule has 0 atom stereocenters. The highest BCUT2D eigenvalue weighted by Crippen LogP contribution is 2.33. The molecule has 0 aliphatic heterocycles. The van der Waals surface area contributed by atoms with Crippen LogP contribution in [-0.2, 0) is 0 Å². The minimum atomic E-state index is -0.342. The van der Waals surface area contributed by atoms with Crippen molar-refractivity contribution >= 4 is 28.1 Å². The van der Waals surface area contributed by atoms with E-state index in [2.05, 4.69) is 26.5 Å². The van der Waals surface area contributed by atoms with Crippen LogP contribution in [0.3, 0.4) is 0 Å². The van der Waals surface area contributed by atoms with E-state index >= 15 is 0 Å². The Kier molecular flexibility index (Phi) is 6.20. The first kappa shape index (κ1) is 17.8. The van der Waals surface area contributed by atoms with Crippen molar-refractivity contribution in [1.29, 1.82) is 0 Å². The number of methoxy groups -OCH3 is 3. The van der Waals surface area contributed by atoms with Crippen LogP contribution in [0, 0.1) is 0 Å². The molecule has 6 nitrogen and oxygen atoms in total. The molecule has 0 unspecified atom stereocenters. The Morgan fingerprint density at radius 1 is 1.12 bits per heavy atom. The standard InChI is InChI=1S/C17H17BrN2O4/c1-22-14-6-4-5-11(8-14)17(21)20-19-10-12-7-13(18)9-15(23-2)16(12)24-3/h4-10H,1-3H3,(H,20,21)/b19-10+. The average Bonchev–Trinajstić information content (AvgIpc) is 2.61. The van der Waals surface area contributed by atoms with Crippen molar-refractivity contribution in [2.75, 3.05) is 21.3 Å². The maximum absolute atomic E-state index is 12.1. The number of carbonyl (C=O) groups is 1. The summed E-state index contributed by atoms with van der Waals surface area (Å²) in [6.07, 6.45) is 1.49. The van der Waals surface area contributed by atoms with Gasteiger partial charge in [-0.3, -0.25) is 4.79 Å². The van der Waals surface area contributed by atoms with Gasteiger partial charge in [0.1, 0.15) is 5.75 Å². The van der Waals surface area contributed by atoms with Crippen LogP contribution in [0.25, 0.3) is 0 Å². The zero-order valence-electron chi connectivity index (χ0n) is 13.5. The van der Waals surface area contributed by atoms with E-state index in [0.29, 0.717) is 28.4 Å². The van der Waals surface area contributed by atoms with E-state index in [0.717, 1.165) is 4.47 Å². The quantitative estimate of drug-likeness (QED) is 0.605. The molecule has 0 radical (unpaired) electrons. The summed E-state index contributed by atoms with van der Waals surface area (Å²) in [6.45, 7) is 0. The van der Waals surface area contributed by atoms with Crippen molar-refractivity contribution in [2.24, 2.45) is 5.10 Å². The second-order valence-corrected chi connectivity index (χ2v) is 5.58. The molecule has 0 saturated carbocycles. The molecule has 0 aliphatic carbocycles. The van der Waals surface area contributed by atoms with E-state index in [9.17, 15) is 4.79 Å². The molecule has 0 heterocycles. The molecular formula is C17H17BrN2O4. The van der Waals surface area contributed by atoms with Gasteiger partial charge >= 0.3 is 0 Å². The van der Waals surface area contributed by atoms with Gasteiger partial charge in [0.2, 0.25) is 0 Å². The van der Waals surface area contributed by atoms with E-state index in [4.69, 9.17) is 14.2 Å². The summed E-state index contributed by atoms with van der Waals surface area (Å²) in [4.78, 5) is 12.1. The summed E-state index contributed by atoms with van der Waals surface area (Å²) in [7, 11) is 4.63. The average molecular weight is 393 g/mol. The van der Waals surface area contributed by atoms with Crippen LogP contribution in [0.4, 0.5) is 0 Å². The molecule has 0 bridgehead atoms. The maximum Gasteiger partial charge on any atom is 0.271 e. The Balaban J connectivity index is 2.16. The van der Waals surface area contributed by atoms with E-state index < -0.39 is 0 Å². The van der Waals surface area contributed by atoms with Crippen molar-refractivity contribution in [1.82, 2.24) is 5.43 Å². The molecule has 1 N–H and O–H groups in total. The molecule has 2 aromatic rings. The molecule has 24 heavy (non-hydrogen) atoms. The van der Waals surface area contributed by atoms with Gasteiger partial charge in [0.05, 0.1) is 27.5 Å². The fraction of sp³-hybridized carbons (Fsp3) is 0.176. The number of nitrogens with one attached hydrogen (secondary N) is 1. The summed E-state index contributed by atoms with van der Waals surface area (Å²) in [5, 5.41) is 3.98. The van der Waals surface area contributed by atoms with Gasteiger partial charge in [0, 0.05) is 15.6 Å². The summed E-state index contributed by atoms with van der Waals surface area (Å²) < 4.78 is 16.5. The first-order chi connectivity index (χ1) is 11.6. The van der Waals surface area contributed by atoms with Gasteiger partial charge in [-0.05, 0) is 30.3 Å². The highest BCUT2D eigenvalue weighted by atomic mass is 79.9. The Morgan fingerprint density at radius 3 is 2.58 bits per heavy atom. The van der Waals surface area contributed by atoms with Crippen LogP contribution in [-0.4, -0.2) is 33.5 Å². The van der Waals surface area contributed by atoms with E-state index in [1.807, 2.05) is 6.07 Å². The lowest BCUT2D eigenvalue weighted by Gasteiger charge is -2.10. The number of ether oxygens (including phenoxy) is 3. The summed E-state index contributed by atoms with van der Waals surface area (Å²) in [5.41, 5.74) is 3.58. The van der Waals surface area contributed by atoms with Gasteiger partial charge in [0.15, 0.2) is 11.5 Å². The number of rotatable bonds is 6. The monoisotopic (exact) mass is 392 g/mol. The smallest absolute Gasteiger partial charge is 0.271 e. The molecule has 0 spiro atoms. The molecule has 0 aliphatic rings. The van der Waals surface area contributed by atoms with Gasteiger partial charge in [-0.25, -0.2) is 5.43 Å². The van der Waals surface area contributed by atoms with Crippen LogP contribution in [0.2, 0.25) is 0 Å². The highest BCUT2D eigenvalue weighted by Gasteiger charge is 2.10. The van der Waals surface area contributed by atoms with Crippen LogP contribution < -0.4 is 19.6 Å². The Hall–Kier alpha value is -2.54. The fourth-order valence-corrected chi connectivity index (χ4v) is 2.50. The summed E-state index contributed by atoms with van der Waals surface area (Å²) in [6, 6.07) is 10.4. The van der Waals surface area contributed by atoms with Crippen molar-refractivity contribution < 1.29 is 19.0 Å². The predicted molar refractivity (Wildman–Crippen MR) is 95.3 cm³/mol. The number of amides is 1. The molecule has 2 rings (SSSR count). The third-order valence-corrected chi connectivity index (χ3v) is 3.63. The zero-order chi connectivity index (χ0) is 17.5. The predicted octanol–water partition coefficient (Wildman–Crippen LogP) is 3.24. The van der Waals surface area contributed by atoms with E-state index in [-0.39, 0.29) is 5.91 Å². The Morgan fingerprint density at radius 2 is 1.92 bits per heavy atom. The maximum atomic E-state index is 12.1. The molecule has 7 heteroatoms. The minimum absolute atomic E-state index is 0.342. The van der Waals surface area contributed by atoms with Gasteiger partial charge in [-0.15, -0.1) is 0 Å². The molecule has 1 amide bonds. The number of hydrazone groups is 1. The third-order valence-electron chi connectivity index (χ3n) is 3.17. The van der Waals surface area contributed by atoms with E-state index in [1.54, 1.807) is 44.6 Å². The zero-order valence-corrected chi connectivity index (χ0v) is 15.1. The van der Waals surface area contributed by atoms with Crippen molar-refractivity contribution in [2.45, 2.75) is 0 Å². The number of hydrogen-bond acceptors (Lipinski definition) is 5. The lowest BCUT2D eigenvalue weighted by Crippen LogP contribution is -2.17. The van der Waals surface area contributed by atoms with Crippen LogP contribution in [0.1, 0.15) is 15.9 Å². The van der Waals surface area contributed by atoms with Crippen LogP contribution >= 0.6 is 15.9 Å². The third kappa shape index (κ3) is 4.26. The first-order valence-corrected chi connectivity index (χ1v) is 7.77. The topological polar surface area (TPSA) is 69.2 Å². The minimum Gasteiger partial charge on any atom is -0.497 e. The lowest BCUT2D eigenvalue weighted by atomic mass is 10.2.